The molecule has 0 saturated heterocycles. The lowest BCUT2D eigenvalue weighted by Crippen LogP contribution is -2.10. The summed E-state index contributed by atoms with van der Waals surface area (Å²) < 4.78 is 11.4. The standard InChI is InChI=1S/C20H21BrO4/c1-2-3-13-24-19(22)16-8-10-17(11-9-16)20(23)25-14-12-15-6-4-5-7-18(15)21/h4-11H,2-3,12-14H2,1H3. The zero-order valence-electron chi connectivity index (χ0n) is 14.2. The van der Waals surface area contributed by atoms with Gasteiger partial charge in [0.2, 0.25) is 0 Å². The van der Waals surface area contributed by atoms with Gasteiger partial charge in [0.15, 0.2) is 0 Å². The van der Waals surface area contributed by atoms with Crippen LogP contribution in [0.15, 0.2) is 53.0 Å². The van der Waals surface area contributed by atoms with Crippen LogP contribution in [0.5, 0.6) is 0 Å². The fourth-order valence-electron chi connectivity index (χ4n) is 2.17. The number of hydrogen-bond acceptors (Lipinski definition) is 4. The van der Waals surface area contributed by atoms with Gasteiger partial charge < -0.3 is 9.47 Å². The highest BCUT2D eigenvalue weighted by Gasteiger charge is 2.11. The summed E-state index contributed by atoms with van der Waals surface area (Å²) in [5, 5.41) is 0. The van der Waals surface area contributed by atoms with E-state index in [4.69, 9.17) is 9.47 Å². The number of rotatable bonds is 8. The van der Waals surface area contributed by atoms with Crippen molar-refractivity contribution in [3.8, 4) is 0 Å². The number of halogens is 1. The molecule has 0 fully saturated rings. The maximum Gasteiger partial charge on any atom is 0.338 e. The van der Waals surface area contributed by atoms with E-state index in [-0.39, 0.29) is 5.97 Å². The maximum absolute atomic E-state index is 12.1. The highest BCUT2D eigenvalue weighted by Crippen LogP contribution is 2.16. The van der Waals surface area contributed by atoms with E-state index >= 15 is 0 Å². The molecule has 0 aliphatic carbocycles. The quantitative estimate of drug-likeness (QED) is 0.468. The average Bonchev–Trinajstić information content (AvgIpc) is 2.63. The summed E-state index contributed by atoms with van der Waals surface area (Å²) in [5.74, 6) is -0.778. The Bertz CT molecular complexity index is 710. The summed E-state index contributed by atoms with van der Waals surface area (Å²) in [4.78, 5) is 23.9. The molecule has 4 nitrogen and oxygen atoms in total. The summed E-state index contributed by atoms with van der Waals surface area (Å²) in [7, 11) is 0. The predicted molar refractivity (Wildman–Crippen MR) is 99.8 cm³/mol. The van der Waals surface area contributed by atoms with Crippen molar-refractivity contribution < 1.29 is 19.1 Å². The number of carbonyl (C=O) groups is 2. The summed E-state index contributed by atoms with van der Waals surface area (Å²) in [6, 6.07) is 14.1. The molecule has 2 rings (SSSR count). The van der Waals surface area contributed by atoms with E-state index in [0.717, 1.165) is 22.9 Å². The third kappa shape index (κ3) is 6.02. The molecule has 0 saturated carbocycles. The minimum absolute atomic E-state index is 0.294. The number of carbonyl (C=O) groups excluding carboxylic acids is 2. The van der Waals surface area contributed by atoms with Gasteiger partial charge in [0.1, 0.15) is 0 Å². The lowest BCUT2D eigenvalue weighted by atomic mass is 10.1. The molecule has 0 amide bonds. The molecule has 2 aromatic rings. The van der Waals surface area contributed by atoms with Crippen LogP contribution in [-0.4, -0.2) is 25.2 Å². The van der Waals surface area contributed by atoms with E-state index in [9.17, 15) is 9.59 Å². The lowest BCUT2D eigenvalue weighted by Gasteiger charge is -2.07. The van der Waals surface area contributed by atoms with E-state index < -0.39 is 5.97 Å². The number of ether oxygens (including phenoxy) is 2. The third-order valence-electron chi connectivity index (χ3n) is 3.65. The first-order chi connectivity index (χ1) is 12.1. The molecule has 25 heavy (non-hydrogen) atoms. The summed E-state index contributed by atoms with van der Waals surface area (Å²) >= 11 is 3.47. The van der Waals surface area contributed by atoms with Crippen LogP contribution in [0.1, 0.15) is 46.0 Å². The Morgan fingerprint density at radius 2 is 1.44 bits per heavy atom. The van der Waals surface area contributed by atoms with Crippen LogP contribution in [0.3, 0.4) is 0 Å². The Balaban J connectivity index is 1.83. The van der Waals surface area contributed by atoms with Gasteiger partial charge in [0, 0.05) is 10.9 Å². The highest BCUT2D eigenvalue weighted by molar-refractivity contribution is 9.10. The van der Waals surface area contributed by atoms with Crippen molar-refractivity contribution in [2.24, 2.45) is 0 Å². The van der Waals surface area contributed by atoms with Gasteiger partial charge in [0.05, 0.1) is 24.3 Å². The maximum atomic E-state index is 12.1. The van der Waals surface area contributed by atoms with Gasteiger partial charge in [-0.2, -0.15) is 0 Å². The first kappa shape index (κ1) is 19.2. The van der Waals surface area contributed by atoms with Crippen LogP contribution >= 0.6 is 15.9 Å². The van der Waals surface area contributed by atoms with Gasteiger partial charge in [-0.15, -0.1) is 0 Å². The van der Waals surface area contributed by atoms with Crippen LogP contribution in [-0.2, 0) is 15.9 Å². The number of esters is 2. The van der Waals surface area contributed by atoms with E-state index in [0.29, 0.717) is 30.8 Å². The topological polar surface area (TPSA) is 52.6 Å². The van der Waals surface area contributed by atoms with Gasteiger partial charge in [-0.25, -0.2) is 9.59 Å². The van der Waals surface area contributed by atoms with Crippen molar-refractivity contribution in [2.45, 2.75) is 26.2 Å². The smallest absolute Gasteiger partial charge is 0.338 e. The average molecular weight is 405 g/mol. The van der Waals surface area contributed by atoms with Gasteiger partial charge in [0.25, 0.3) is 0 Å². The van der Waals surface area contributed by atoms with E-state index in [2.05, 4.69) is 15.9 Å². The molecule has 2 aromatic carbocycles. The van der Waals surface area contributed by atoms with Crippen LogP contribution in [0.4, 0.5) is 0 Å². The molecule has 0 aliphatic heterocycles. The van der Waals surface area contributed by atoms with E-state index in [1.165, 1.54) is 0 Å². The fraction of sp³-hybridized carbons (Fsp3) is 0.300. The van der Waals surface area contributed by atoms with Crippen LogP contribution in [0.25, 0.3) is 0 Å². The summed E-state index contributed by atoms with van der Waals surface area (Å²) in [6.07, 6.45) is 2.44. The molecule has 0 atom stereocenters. The summed E-state index contributed by atoms with van der Waals surface area (Å²) in [5.41, 5.74) is 1.93. The third-order valence-corrected chi connectivity index (χ3v) is 4.42. The Kier molecular flexibility index (Phi) is 7.67. The molecule has 0 spiro atoms. The zero-order valence-corrected chi connectivity index (χ0v) is 15.8. The van der Waals surface area contributed by atoms with Crippen molar-refractivity contribution in [3.63, 3.8) is 0 Å². The summed E-state index contributed by atoms with van der Waals surface area (Å²) in [6.45, 7) is 2.74. The molecule has 0 aromatic heterocycles. The Labute approximate surface area is 156 Å². The van der Waals surface area contributed by atoms with Crippen LogP contribution < -0.4 is 0 Å². The second kappa shape index (κ2) is 9.99. The van der Waals surface area contributed by atoms with Gasteiger partial charge in [-0.05, 0) is 42.3 Å². The number of hydrogen-bond donors (Lipinski definition) is 0. The predicted octanol–water partition coefficient (Wildman–Crippen LogP) is 4.81. The Morgan fingerprint density at radius 3 is 2.00 bits per heavy atom. The first-order valence-electron chi connectivity index (χ1n) is 8.29. The minimum Gasteiger partial charge on any atom is -0.462 e. The van der Waals surface area contributed by atoms with Crippen molar-refractivity contribution in [2.75, 3.05) is 13.2 Å². The highest BCUT2D eigenvalue weighted by atomic mass is 79.9. The molecule has 132 valence electrons. The molecule has 0 N–H and O–H groups in total. The van der Waals surface area contributed by atoms with Crippen molar-refractivity contribution >= 4 is 27.9 Å². The molecule has 0 heterocycles. The monoisotopic (exact) mass is 404 g/mol. The second-order valence-corrected chi connectivity index (χ2v) is 6.40. The van der Waals surface area contributed by atoms with Crippen molar-refractivity contribution in [3.05, 3.63) is 69.7 Å². The first-order valence-corrected chi connectivity index (χ1v) is 9.09. The molecule has 0 radical (unpaired) electrons. The van der Waals surface area contributed by atoms with Gasteiger partial charge in [-0.1, -0.05) is 47.5 Å². The van der Waals surface area contributed by atoms with Crippen LogP contribution in [0, 0.1) is 0 Å². The van der Waals surface area contributed by atoms with Crippen LogP contribution in [0.2, 0.25) is 0 Å². The molecule has 0 unspecified atom stereocenters. The SMILES string of the molecule is CCCCOC(=O)c1ccc(C(=O)OCCc2ccccc2Br)cc1. The number of unbranched alkanes of at least 4 members (excludes halogenated alkanes) is 1. The lowest BCUT2D eigenvalue weighted by molar-refractivity contribution is 0.0489. The second-order valence-electron chi connectivity index (χ2n) is 5.54. The molecule has 0 aliphatic rings. The minimum atomic E-state index is -0.405. The van der Waals surface area contributed by atoms with E-state index in [1.807, 2.05) is 31.2 Å². The Morgan fingerprint density at radius 1 is 0.880 bits per heavy atom. The number of benzene rings is 2. The molecular weight excluding hydrogens is 384 g/mol. The fourth-order valence-corrected chi connectivity index (χ4v) is 2.66. The van der Waals surface area contributed by atoms with Crippen molar-refractivity contribution in [1.29, 1.82) is 0 Å². The largest absolute Gasteiger partial charge is 0.462 e. The van der Waals surface area contributed by atoms with Gasteiger partial charge >= 0.3 is 11.9 Å². The molecule has 5 heteroatoms. The molecule has 0 bridgehead atoms. The Hall–Kier alpha value is -2.14. The van der Waals surface area contributed by atoms with Gasteiger partial charge in [-0.3, -0.25) is 0 Å². The normalized spacial score (nSPS) is 10.3. The molecular formula is C20H21BrO4. The zero-order chi connectivity index (χ0) is 18.1. The van der Waals surface area contributed by atoms with E-state index in [1.54, 1.807) is 24.3 Å². The van der Waals surface area contributed by atoms with Crippen molar-refractivity contribution in [1.82, 2.24) is 0 Å².